The highest BCUT2D eigenvalue weighted by molar-refractivity contribution is 9.10. The fourth-order valence-corrected chi connectivity index (χ4v) is 1.99. The molecule has 1 aliphatic carbocycles. The number of carbonyl (C=O) groups excluding carboxylic acids is 1. The summed E-state index contributed by atoms with van der Waals surface area (Å²) in [5.41, 5.74) is -0.537. The molecule has 0 radical (unpaired) electrons. The van der Waals surface area contributed by atoms with Crippen molar-refractivity contribution in [1.29, 1.82) is 0 Å². The molecule has 0 unspecified atom stereocenters. The predicted octanol–water partition coefficient (Wildman–Crippen LogP) is 2.21. The van der Waals surface area contributed by atoms with E-state index in [4.69, 9.17) is 0 Å². The van der Waals surface area contributed by atoms with Crippen LogP contribution in [0.5, 0.6) is 0 Å². The van der Waals surface area contributed by atoms with Gasteiger partial charge in [-0.15, -0.1) is 0 Å². The zero-order chi connectivity index (χ0) is 13.1. The van der Waals surface area contributed by atoms with E-state index in [9.17, 15) is 13.6 Å². The number of nitrogens with one attached hydrogen (secondary N) is 2. The second kappa shape index (κ2) is 5.75. The van der Waals surface area contributed by atoms with Crippen LogP contribution in [-0.2, 0) is 0 Å². The predicted molar refractivity (Wildman–Crippen MR) is 67.4 cm³/mol. The van der Waals surface area contributed by atoms with E-state index in [1.807, 2.05) is 0 Å². The van der Waals surface area contributed by atoms with E-state index >= 15 is 0 Å². The molecule has 2 N–H and O–H groups in total. The van der Waals surface area contributed by atoms with Crippen LogP contribution in [0, 0.1) is 11.6 Å². The summed E-state index contributed by atoms with van der Waals surface area (Å²) in [5.74, 6) is -2.46. The molecular weight excluding hydrogens is 306 g/mol. The minimum atomic E-state index is -0.866. The van der Waals surface area contributed by atoms with Gasteiger partial charge in [0, 0.05) is 23.6 Å². The Hall–Kier alpha value is -1.01. The minimum Gasteiger partial charge on any atom is -0.351 e. The largest absolute Gasteiger partial charge is 0.351 e. The number of rotatable bonds is 5. The van der Waals surface area contributed by atoms with E-state index in [0.717, 1.165) is 25.0 Å². The number of carbonyl (C=O) groups is 1. The number of hydrogen-bond acceptors (Lipinski definition) is 2. The van der Waals surface area contributed by atoms with Gasteiger partial charge < -0.3 is 10.6 Å². The summed E-state index contributed by atoms with van der Waals surface area (Å²) in [6.07, 6.45) is 2.31. The van der Waals surface area contributed by atoms with Crippen LogP contribution >= 0.6 is 15.9 Å². The van der Waals surface area contributed by atoms with Crippen molar-refractivity contribution in [3.05, 3.63) is 33.8 Å². The molecule has 0 aliphatic heterocycles. The molecule has 0 spiro atoms. The molecule has 0 saturated heterocycles. The molecule has 1 amide bonds. The molecule has 1 aromatic rings. The van der Waals surface area contributed by atoms with Gasteiger partial charge >= 0.3 is 0 Å². The highest BCUT2D eigenvalue weighted by Crippen LogP contribution is 2.19. The van der Waals surface area contributed by atoms with E-state index in [0.29, 0.717) is 19.1 Å². The van der Waals surface area contributed by atoms with Gasteiger partial charge in [-0.2, -0.15) is 0 Å². The summed E-state index contributed by atoms with van der Waals surface area (Å²) in [5, 5.41) is 5.68. The normalized spacial score (nSPS) is 14.6. The Labute approximate surface area is 112 Å². The van der Waals surface area contributed by atoms with Gasteiger partial charge in [-0.05, 0) is 25.0 Å². The molecule has 0 aromatic heterocycles. The lowest BCUT2D eigenvalue weighted by Crippen LogP contribution is -2.33. The molecule has 1 fully saturated rings. The van der Waals surface area contributed by atoms with Gasteiger partial charge in [0.25, 0.3) is 5.91 Å². The van der Waals surface area contributed by atoms with Crippen LogP contribution in [0.25, 0.3) is 0 Å². The number of hydrogen-bond donors (Lipinski definition) is 2. The Morgan fingerprint density at radius 3 is 2.44 bits per heavy atom. The van der Waals surface area contributed by atoms with Crippen molar-refractivity contribution < 1.29 is 13.6 Å². The van der Waals surface area contributed by atoms with Crippen LogP contribution in [0.2, 0.25) is 0 Å². The molecule has 0 bridgehead atoms. The number of benzene rings is 1. The summed E-state index contributed by atoms with van der Waals surface area (Å²) < 4.78 is 27.2. The van der Waals surface area contributed by atoms with Gasteiger partial charge in [-0.1, -0.05) is 15.9 Å². The summed E-state index contributed by atoms with van der Waals surface area (Å²) in [6.45, 7) is 0.959. The first-order chi connectivity index (χ1) is 8.58. The van der Waals surface area contributed by atoms with Gasteiger partial charge in [0.05, 0.1) is 0 Å². The maximum atomic E-state index is 13.5. The standard InChI is InChI=1S/C12H13BrF2N2O/c13-7-5-9(14)11(10(15)6-7)12(18)17-4-3-16-8-1-2-8/h5-6,8,16H,1-4H2,(H,17,18). The van der Waals surface area contributed by atoms with Crippen LogP contribution in [0.3, 0.4) is 0 Å². The van der Waals surface area contributed by atoms with Crippen LogP contribution in [-0.4, -0.2) is 25.0 Å². The van der Waals surface area contributed by atoms with Gasteiger partial charge in [-0.3, -0.25) is 4.79 Å². The molecule has 0 heterocycles. The molecular formula is C12H13BrF2N2O. The van der Waals surface area contributed by atoms with Crippen molar-refractivity contribution in [1.82, 2.24) is 10.6 Å². The lowest BCUT2D eigenvalue weighted by Gasteiger charge is -2.08. The van der Waals surface area contributed by atoms with Crippen LogP contribution < -0.4 is 10.6 Å². The monoisotopic (exact) mass is 318 g/mol. The van der Waals surface area contributed by atoms with E-state index in [1.54, 1.807) is 0 Å². The average Bonchev–Trinajstić information content (AvgIpc) is 3.06. The molecule has 2 rings (SSSR count). The topological polar surface area (TPSA) is 41.1 Å². The van der Waals surface area contributed by atoms with Gasteiger partial charge in [-0.25, -0.2) is 8.78 Å². The fraction of sp³-hybridized carbons (Fsp3) is 0.417. The molecule has 1 aliphatic rings. The smallest absolute Gasteiger partial charge is 0.257 e. The number of halogens is 3. The van der Waals surface area contributed by atoms with Crippen LogP contribution in [0.15, 0.2) is 16.6 Å². The first-order valence-corrected chi connectivity index (χ1v) is 6.53. The Balaban J connectivity index is 1.91. The maximum absolute atomic E-state index is 13.5. The molecule has 3 nitrogen and oxygen atoms in total. The van der Waals surface area contributed by atoms with Crippen molar-refractivity contribution in [2.75, 3.05) is 13.1 Å². The lowest BCUT2D eigenvalue weighted by atomic mass is 10.2. The summed E-state index contributed by atoms with van der Waals surface area (Å²) in [4.78, 5) is 11.6. The third-order valence-electron chi connectivity index (χ3n) is 2.65. The molecule has 6 heteroatoms. The highest BCUT2D eigenvalue weighted by Gasteiger charge is 2.20. The number of amides is 1. The second-order valence-electron chi connectivity index (χ2n) is 4.23. The van der Waals surface area contributed by atoms with E-state index in [2.05, 4.69) is 26.6 Å². The van der Waals surface area contributed by atoms with E-state index in [1.165, 1.54) is 0 Å². The average molecular weight is 319 g/mol. The molecule has 98 valence electrons. The first kappa shape index (κ1) is 13.4. The van der Waals surface area contributed by atoms with Crippen molar-refractivity contribution in [3.8, 4) is 0 Å². The fourth-order valence-electron chi connectivity index (χ4n) is 1.59. The quantitative estimate of drug-likeness (QED) is 0.817. The summed E-state index contributed by atoms with van der Waals surface area (Å²) in [6, 6.07) is 2.68. The van der Waals surface area contributed by atoms with Crippen LogP contribution in [0.1, 0.15) is 23.2 Å². The molecule has 18 heavy (non-hydrogen) atoms. The zero-order valence-corrected chi connectivity index (χ0v) is 11.2. The van der Waals surface area contributed by atoms with E-state index < -0.39 is 23.1 Å². The van der Waals surface area contributed by atoms with Crippen molar-refractivity contribution in [2.45, 2.75) is 18.9 Å². The van der Waals surface area contributed by atoms with Crippen molar-refractivity contribution in [3.63, 3.8) is 0 Å². The van der Waals surface area contributed by atoms with E-state index in [-0.39, 0.29) is 4.47 Å². The highest BCUT2D eigenvalue weighted by atomic mass is 79.9. The zero-order valence-electron chi connectivity index (χ0n) is 9.60. The Kier molecular flexibility index (Phi) is 4.29. The second-order valence-corrected chi connectivity index (χ2v) is 5.14. The Morgan fingerprint density at radius 1 is 1.28 bits per heavy atom. The lowest BCUT2D eigenvalue weighted by molar-refractivity contribution is 0.0945. The molecule has 0 atom stereocenters. The Morgan fingerprint density at radius 2 is 1.89 bits per heavy atom. The van der Waals surface area contributed by atoms with Gasteiger partial charge in [0.1, 0.15) is 17.2 Å². The third-order valence-corrected chi connectivity index (χ3v) is 3.11. The van der Waals surface area contributed by atoms with Gasteiger partial charge in [0.2, 0.25) is 0 Å². The first-order valence-electron chi connectivity index (χ1n) is 5.74. The molecule has 1 aromatic carbocycles. The third kappa shape index (κ3) is 3.49. The Bertz CT molecular complexity index is 440. The summed E-state index contributed by atoms with van der Waals surface area (Å²) in [7, 11) is 0. The SMILES string of the molecule is O=C(NCCNC1CC1)c1c(F)cc(Br)cc1F. The van der Waals surface area contributed by atoms with Gasteiger partial charge in [0.15, 0.2) is 0 Å². The summed E-state index contributed by atoms with van der Waals surface area (Å²) >= 11 is 2.96. The minimum absolute atomic E-state index is 0.268. The maximum Gasteiger partial charge on any atom is 0.257 e. The van der Waals surface area contributed by atoms with Crippen LogP contribution in [0.4, 0.5) is 8.78 Å². The van der Waals surface area contributed by atoms with Crippen molar-refractivity contribution in [2.24, 2.45) is 0 Å². The van der Waals surface area contributed by atoms with Crippen molar-refractivity contribution >= 4 is 21.8 Å². The molecule has 1 saturated carbocycles.